The van der Waals surface area contributed by atoms with Gasteiger partial charge < -0.3 is 9.47 Å². The standard InChI is InChI=1S/C19H18ClNO5/c1-2-9-25-19(22)18-14-10-12(20)7-8-17(14)26-16-6-4-3-5-13(16)15(18)11-21(23)24/h3-8,10,15,18H,2,9,11H2,1H3/t15-,18-/m0/s1. The number of ether oxygens (including phenoxy) is 2. The Bertz CT molecular complexity index is 838. The Kier molecular flexibility index (Phi) is 5.42. The van der Waals surface area contributed by atoms with Crippen LogP contribution in [0.2, 0.25) is 5.02 Å². The van der Waals surface area contributed by atoms with Crippen LogP contribution in [0, 0.1) is 10.1 Å². The zero-order valence-electron chi connectivity index (χ0n) is 14.2. The van der Waals surface area contributed by atoms with Crippen LogP contribution in [0.4, 0.5) is 0 Å². The highest BCUT2D eigenvalue weighted by Gasteiger charge is 2.41. The molecule has 0 amide bonds. The summed E-state index contributed by atoms with van der Waals surface area (Å²) in [7, 11) is 0. The summed E-state index contributed by atoms with van der Waals surface area (Å²) in [6.45, 7) is 1.72. The van der Waals surface area contributed by atoms with Gasteiger partial charge in [-0.25, -0.2) is 0 Å². The van der Waals surface area contributed by atoms with Gasteiger partial charge in [0.1, 0.15) is 11.5 Å². The van der Waals surface area contributed by atoms with E-state index in [0.717, 1.165) is 0 Å². The van der Waals surface area contributed by atoms with E-state index in [0.29, 0.717) is 34.1 Å². The molecule has 0 radical (unpaired) electrons. The lowest BCUT2D eigenvalue weighted by atomic mass is 9.81. The fourth-order valence-electron chi connectivity index (χ4n) is 3.20. The van der Waals surface area contributed by atoms with Crippen LogP contribution >= 0.6 is 11.6 Å². The highest BCUT2D eigenvalue weighted by molar-refractivity contribution is 6.30. The Morgan fingerprint density at radius 3 is 2.69 bits per heavy atom. The number of hydrogen-bond donors (Lipinski definition) is 0. The first-order chi connectivity index (χ1) is 12.5. The Hall–Kier alpha value is -2.60. The predicted molar refractivity (Wildman–Crippen MR) is 96.6 cm³/mol. The minimum Gasteiger partial charge on any atom is -0.465 e. The SMILES string of the molecule is CCCOC(=O)[C@H]1c2cc(Cl)ccc2Oc2ccccc2[C@@H]1C[N+](=O)[O-]. The number of fused-ring (bicyclic) bond motifs is 2. The van der Waals surface area contributed by atoms with E-state index in [9.17, 15) is 14.9 Å². The van der Waals surface area contributed by atoms with Gasteiger partial charge in [0, 0.05) is 21.1 Å². The van der Waals surface area contributed by atoms with Gasteiger partial charge in [0.15, 0.2) is 0 Å². The summed E-state index contributed by atoms with van der Waals surface area (Å²) in [5, 5.41) is 11.8. The number of halogens is 1. The predicted octanol–water partition coefficient (Wildman–Crippen LogP) is 4.54. The normalized spacial score (nSPS) is 18.1. The molecule has 0 saturated heterocycles. The van der Waals surface area contributed by atoms with Gasteiger partial charge in [-0.05, 0) is 30.7 Å². The van der Waals surface area contributed by atoms with Crippen molar-refractivity contribution >= 4 is 17.6 Å². The Morgan fingerprint density at radius 1 is 1.23 bits per heavy atom. The maximum atomic E-state index is 12.8. The largest absolute Gasteiger partial charge is 0.465 e. The molecule has 0 unspecified atom stereocenters. The number of nitro groups is 1. The second-order valence-electron chi connectivity index (χ2n) is 6.09. The van der Waals surface area contributed by atoms with Crippen molar-refractivity contribution in [1.29, 1.82) is 0 Å². The lowest BCUT2D eigenvalue weighted by Gasteiger charge is -2.22. The van der Waals surface area contributed by atoms with Crippen LogP contribution in [0.3, 0.4) is 0 Å². The zero-order valence-corrected chi connectivity index (χ0v) is 14.9. The van der Waals surface area contributed by atoms with Crippen LogP contribution < -0.4 is 4.74 Å². The minimum atomic E-state index is -0.871. The third-order valence-electron chi connectivity index (χ3n) is 4.30. The van der Waals surface area contributed by atoms with Crippen LogP contribution in [0.15, 0.2) is 42.5 Å². The summed E-state index contributed by atoms with van der Waals surface area (Å²) >= 11 is 6.13. The number of hydrogen-bond acceptors (Lipinski definition) is 5. The fourth-order valence-corrected chi connectivity index (χ4v) is 3.38. The van der Waals surface area contributed by atoms with Crippen LogP contribution in [-0.2, 0) is 9.53 Å². The van der Waals surface area contributed by atoms with Gasteiger partial charge in [-0.1, -0.05) is 36.7 Å². The van der Waals surface area contributed by atoms with Crippen molar-refractivity contribution < 1.29 is 19.2 Å². The van der Waals surface area contributed by atoms with Crippen LogP contribution in [0.1, 0.15) is 36.3 Å². The van der Waals surface area contributed by atoms with E-state index in [2.05, 4.69) is 0 Å². The van der Waals surface area contributed by atoms with Gasteiger partial charge >= 0.3 is 5.97 Å². The molecule has 0 spiro atoms. The number of esters is 1. The summed E-state index contributed by atoms with van der Waals surface area (Å²) in [5.74, 6) is -1.16. The van der Waals surface area contributed by atoms with E-state index in [1.54, 1.807) is 42.5 Å². The van der Waals surface area contributed by atoms with E-state index in [-0.39, 0.29) is 6.61 Å². The van der Waals surface area contributed by atoms with E-state index >= 15 is 0 Å². The lowest BCUT2D eigenvalue weighted by molar-refractivity contribution is -0.483. The summed E-state index contributed by atoms with van der Waals surface area (Å²) in [6.07, 6.45) is 0.661. The molecule has 6 nitrogen and oxygen atoms in total. The second-order valence-corrected chi connectivity index (χ2v) is 6.53. The Labute approximate surface area is 155 Å². The van der Waals surface area contributed by atoms with Crippen molar-refractivity contribution in [2.45, 2.75) is 25.2 Å². The van der Waals surface area contributed by atoms with Crippen LogP contribution in [0.5, 0.6) is 11.5 Å². The smallest absolute Gasteiger partial charge is 0.314 e. The number of nitrogens with zero attached hydrogens (tertiary/aromatic N) is 1. The molecule has 26 heavy (non-hydrogen) atoms. The monoisotopic (exact) mass is 375 g/mol. The van der Waals surface area contributed by atoms with Crippen LogP contribution in [0.25, 0.3) is 0 Å². The number of para-hydroxylation sites is 1. The topological polar surface area (TPSA) is 78.7 Å². The third kappa shape index (κ3) is 3.65. The van der Waals surface area contributed by atoms with Crippen molar-refractivity contribution in [3.63, 3.8) is 0 Å². The first-order valence-corrected chi connectivity index (χ1v) is 8.73. The highest BCUT2D eigenvalue weighted by Crippen LogP contribution is 2.47. The summed E-state index contributed by atoms with van der Waals surface area (Å²) in [6, 6.07) is 12.0. The molecular weight excluding hydrogens is 358 g/mol. The summed E-state index contributed by atoms with van der Waals surface area (Å²) in [5.41, 5.74) is 1.11. The van der Waals surface area contributed by atoms with Gasteiger partial charge in [0.25, 0.3) is 0 Å². The average Bonchev–Trinajstić information content (AvgIpc) is 2.74. The quantitative estimate of drug-likeness (QED) is 0.435. The van der Waals surface area contributed by atoms with Gasteiger partial charge in [-0.2, -0.15) is 0 Å². The Morgan fingerprint density at radius 2 is 1.96 bits per heavy atom. The van der Waals surface area contributed by atoms with E-state index < -0.39 is 29.3 Å². The van der Waals surface area contributed by atoms with Crippen molar-refractivity contribution in [1.82, 2.24) is 0 Å². The summed E-state index contributed by atoms with van der Waals surface area (Å²) in [4.78, 5) is 23.8. The first-order valence-electron chi connectivity index (χ1n) is 8.36. The molecule has 136 valence electrons. The molecule has 0 aliphatic carbocycles. The van der Waals surface area contributed by atoms with Crippen molar-refractivity contribution in [3.8, 4) is 11.5 Å². The molecule has 2 atom stereocenters. The average molecular weight is 376 g/mol. The maximum Gasteiger partial charge on any atom is 0.314 e. The maximum absolute atomic E-state index is 12.8. The first kappa shape index (κ1) is 18.2. The Balaban J connectivity index is 2.18. The van der Waals surface area contributed by atoms with E-state index in [1.807, 2.05) is 6.92 Å². The van der Waals surface area contributed by atoms with Gasteiger partial charge in [0.05, 0.1) is 18.4 Å². The van der Waals surface area contributed by atoms with Gasteiger partial charge in [-0.3, -0.25) is 14.9 Å². The molecule has 0 N–H and O–H groups in total. The second kappa shape index (κ2) is 7.74. The third-order valence-corrected chi connectivity index (χ3v) is 4.53. The summed E-state index contributed by atoms with van der Waals surface area (Å²) < 4.78 is 11.3. The molecule has 1 heterocycles. The molecule has 0 bridgehead atoms. The minimum absolute atomic E-state index is 0.249. The molecule has 1 aliphatic rings. The van der Waals surface area contributed by atoms with E-state index in [1.165, 1.54) is 0 Å². The molecule has 3 rings (SSSR count). The van der Waals surface area contributed by atoms with E-state index in [4.69, 9.17) is 21.1 Å². The van der Waals surface area contributed by atoms with Crippen molar-refractivity contribution in [3.05, 3.63) is 68.7 Å². The molecule has 2 aromatic carbocycles. The van der Waals surface area contributed by atoms with Gasteiger partial charge in [-0.15, -0.1) is 0 Å². The zero-order chi connectivity index (χ0) is 18.7. The number of carbonyl (C=O) groups excluding carboxylic acids is 1. The van der Waals surface area contributed by atoms with Crippen molar-refractivity contribution in [2.75, 3.05) is 13.2 Å². The van der Waals surface area contributed by atoms with Crippen LogP contribution in [-0.4, -0.2) is 24.0 Å². The molecule has 2 aromatic rings. The highest BCUT2D eigenvalue weighted by atomic mass is 35.5. The molecule has 0 aromatic heterocycles. The molecule has 0 fully saturated rings. The molecule has 1 aliphatic heterocycles. The molecular formula is C19H18ClNO5. The lowest BCUT2D eigenvalue weighted by Crippen LogP contribution is -2.27. The number of benzene rings is 2. The number of carbonyl (C=O) groups is 1. The van der Waals surface area contributed by atoms with Gasteiger partial charge in [0.2, 0.25) is 6.54 Å². The van der Waals surface area contributed by atoms with Crippen molar-refractivity contribution in [2.24, 2.45) is 0 Å². The fraction of sp³-hybridized carbons (Fsp3) is 0.316. The molecule has 0 saturated carbocycles. The molecule has 7 heteroatoms. The number of rotatable bonds is 5.